The molecule has 1 aromatic carbocycles. The van der Waals surface area contributed by atoms with Crippen molar-refractivity contribution >= 4 is 32.9 Å². The van der Waals surface area contributed by atoms with Crippen molar-refractivity contribution in [1.82, 2.24) is 30.6 Å². The number of nitrogens with zero attached hydrogens (tertiary/aromatic N) is 3. The van der Waals surface area contributed by atoms with Gasteiger partial charge in [-0.15, -0.1) is 0 Å². The molecular weight excluding hydrogens is 439 g/mol. The van der Waals surface area contributed by atoms with Crippen LogP contribution in [0.3, 0.4) is 0 Å². The zero-order valence-electron chi connectivity index (χ0n) is 12.8. The molecule has 1 aromatic heterocycles. The maximum atomic E-state index is 13.5. The first-order valence-electron chi connectivity index (χ1n) is 7.01. The summed E-state index contributed by atoms with van der Waals surface area (Å²) < 4.78 is 41.0. The van der Waals surface area contributed by atoms with Crippen molar-refractivity contribution in [3.63, 3.8) is 0 Å². The van der Waals surface area contributed by atoms with Crippen molar-refractivity contribution < 1.29 is 22.5 Å². The van der Waals surface area contributed by atoms with Crippen molar-refractivity contribution in [2.24, 2.45) is 0 Å². The molecule has 2 heterocycles. The Kier molecular flexibility index (Phi) is 5.80. The van der Waals surface area contributed by atoms with Crippen LogP contribution in [0.2, 0.25) is 0 Å². The molecule has 1 aliphatic rings. The fourth-order valence-corrected chi connectivity index (χ4v) is 2.72. The Morgan fingerprint density at radius 3 is 2.96 bits per heavy atom. The highest BCUT2D eigenvalue weighted by Crippen LogP contribution is 2.23. The van der Waals surface area contributed by atoms with Crippen LogP contribution in [0.4, 0.5) is 4.39 Å². The lowest BCUT2D eigenvalue weighted by molar-refractivity contribution is 0.00961. The Labute approximate surface area is 156 Å². The van der Waals surface area contributed by atoms with Gasteiger partial charge < -0.3 is 4.84 Å². The maximum Gasteiger partial charge on any atom is 0.446 e. The van der Waals surface area contributed by atoms with Crippen LogP contribution in [0.1, 0.15) is 5.82 Å². The molecule has 4 N–H and O–H groups in total. The summed E-state index contributed by atoms with van der Waals surface area (Å²) in [4.78, 5) is 17.1. The molecule has 0 spiro atoms. The molecule has 11 nitrogen and oxygen atoms in total. The van der Waals surface area contributed by atoms with E-state index >= 15 is 0 Å². The Balaban J connectivity index is 1.84. The van der Waals surface area contributed by atoms with E-state index < -0.39 is 22.8 Å². The third-order valence-electron chi connectivity index (χ3n) is 3.17. The van der Waals surface area contributed by atoms with Crippen molar-refractivity contribution in [1.29, 1.82) is 0 Å². The molecule has 0 bridgehead atoms. The zero-order valence-corrected chi connectivity index (χ0v) is 15.2. The Bertz CT molecular complexity index is 918. The molecule has 140 valence electrons. The predicted octanol–water partition coefficient (Wildman–Crippen LogP) is 0.00820. The van der Waals surface area contributed by atoms with E-state index in [9.17, 15) is 13.4 Å². The van der Waals surface area contributed by atoms with Crippen LogP contribution < -0.4 is 21.5 Å². The van der Waals surface area contributed by atoms with Crippen LogP contribution >= 0.6 is 15.9 Å². The number of nitrogens with one attached hydrogen (secondary N) is 3. The van der Waals surface area contributed by atoms with Crippen LogP contribution in [-0.2, 0) is 16.1 Å². The average molecular weight is 451 g/mol. The summed E-state index contributed by atoms with van der Waals surface area (Å²) in [7, 11) is 0. The second kappa shape index (κ2) is 8.07. The first-order valence-corrected chi connectivity index (χ1v) is 8.91. The van der Waals surface area contributed by atoms with E-state index in [1.807, 2.05) is 0 Å². The van der Waals surface area contributed by atoms with Crippen LogP contribution in [0.5, 0.6) is 0 Å². The maximum absolute atomic E-state index is 13.5. The third-order valence-corrected chi connectivity index (χ3v) is 4.23. The van der Waals surface area contributed by atoms with Gasteiger partial charge in [0, 0.05) is 13.1 Å². The quantitative estimate of drug-likeness (QED) is 0.339. The van der Waals surface area contributed by atoms with Crippen molar-refractivity contribution in [3.05, 3.63) is 51.1 Å². The third kappa shape index (κ3) is 4.00. The van der Waals surface area contributed by atoms with Gasteiger partial charge in [-0.1, -0.05) is 10.7 Å². The lowest BCUT2D eigenvalue weighted by Gasteiger charge is -2.19. The fraction of sp³-hybridized carbons (Fsp3) is 0.167. The fourth-order valence-electron chi connectivity index (χ4n) is 2.08. The molecule has 1 aliphatic heterocycles. The number of benzene rings is 1. The van der Waals surface area contributed by atoms with Crippen molar-refractivity contribution in [2.45, 2.75) is 0 Å². The molecular formula is C12H12BrFN6O5S. The highest BCUT2D eigenvalue weighted by atomic mass is 79.9. The Morgan fingerprint density at radius 1 is 1.42 bits per heavy atom. The average Bonchev–Trinajstić information content (AvgIpc) is 3.20. The second-order valence-corrected chi connectivity index (χ2v) is 6.45. The topological polar surface area (TPSA) is 134 Å². The minimum absolute atomic E-state index is 0.0877. The summed E-state index contributed by atoms with van der Waals surface area (Å²) >= 11 is 0.936. The zero-order chi connectivity index (χ0) is 18.7. The highest BCUT2D eigenvalue weighted by Gasteiger charge is 2.26. The summed E-state index contributed by atoms with van der Waals surface area (Å²) in [6.07, 6.45) is 1.27. The number of hydrogen-bond donors (Lipinski definition) is 4. The standard InChI is InChI=1S/C12H12BrFN6O5S/c13-8-5-7(1-2-9(8)14)19-11(17-25-12(19)21)10-6-24-18-20(10)15-3-4-16-26(22)23/h1-2,5-6,15-16,18H,3-4H2,(H,22,23). The first kappa shape index (κ1) is 18.7. The van der Waals surface area contributed by atoms with Crippen LogP contribution in [0.15, 0.2) is 38.3 Å². The summed E-state index contributed by atoms with van der Waals surface area (Å²) in [6.45, 7) is 0.412. The van der Waals surface area contributed by atoms with E-state index in [2.05, 4.69) is 36.8 Å². The second-order valence-electron chi connectivity index (χ2n) is 4.81. The van der Waals surface area contributed by atoms with Crippen molar-refractivity contribution in [2.75, 3.05) is 13.1 Å². The van der Waals surface area contributed by atoms with Gasteiger partial charge in [0.1, 0.15) is 12.1 Å². The van der Waals surface area contributed by atoms with Gasteiger partial charge in [0.25, 0.3) is 0 Å². The summed E-state index contributed by atoms with van der Waals surface area (Å²) in [6, 6.07) is 3.99. The lowest BCUT2D eigenvalue weighted by atomic mass is 10.3. The molecule has 1 unspecified atom stereocenters. The number of halogens is 2. The van der Waals surface area contributed by atoms with Gasteiger partial charge in [-0.25, -0.2) is 33.2 Å². The summed E-state index contributed by atoms with van der Waals surface area (Å²) in [5.74, 6) is -1.17. The largest absolute Gasteiger partial charge is 0.446 e. The van der Waals surface area contributed by atoms with E-state index in [4.69, 9.17) is 13.9 Å². The molecule has 14 heteroatoms. The molecule has 0 saturated heterocycles. The number of hydrogen-bond acceptors (Lipinski definition) is 8. The predicted molar refractivity (Wildman–Crippen MR) is 90.6 cm³/mol. The monoisotopic (exact) mass is 450 g/mol. The van der Waals surface area contributed by atoms with E-state index in [0.717, 1.165) is 4.57 Å². The van der Waals surface area contributed by atoms with E-state index in [0.29, 0.717) is 11.4 Å². The number of aromatic nitrogens is 2. The van der Waals surface area contributed by atoms with Crippen LogP contribution in [0, 0.1) is 5.82 Å². The number of rotatable bonds is 7. The van der Waals surface area contributed by atoms with Gasteiger partial charge in [-0.3, -0.25) is 9.08 Å². The first-order chi connectivity index (χ1) is 12.5. The van der Waals surface area contributed by atoms with Gasteiger partial charge in [0.2, 0.25) is 17.1 Å². The van der Waals surface area contributed by atoms with Crippen LogP contribution in [0.25, 0.3) is 11.4 Å². The van der Waals surface area contributed by atoms with E-state index in [1.165, 1.54) is 29.6 Å². The highest BCUT2D eigenvalue weighted by molar-refractivity contribution is 9.10. The molecule has 0 radical (unpaired) electrons. The number of hydrazine groups is 2. The van der Waals surface area contributed by atoms with Gasteiger partial charge in [0.05, 0.1) is 10.2 Å². The molecule has 1 atom stereocenters. The van der Waals surface area contributed by atoms with Crippen LogP contribution in [-0.4, -0.2) is 36.7 Å². The summed E-state index contributed by atoms with van der Waals surface area (Å²) in [5.41, 5.74) is 5.96. The van der Waals surface area contributed by atoms with E-state index in [1.54, 1.807) is 0 Å². The smallest absolute Gasteiger partial charge is 0.393 e. The summed E-state index contributed by atoms with van der Waals surface area (Å²) in [5, 5.41) is 5.03. The van der Waals surface area contributed by atoms with Gasteiger partial charge in [-0.05, 0) is 34.1 Å². The molecule has 0 saturated carbocycles. The van der Waals surface area contributed by atoms with Gasteiger partial charge in [0.15, 0.2) is 5.70 Å². The Hall–Kier alpha value is -2.10. The Morgan fingerprint density at radius 2 is 2.23 bits per heavy atom. The minimum Gasteiger partial charge on any atom is -0.393 e. The molecule has 2 aromatic rings. The lowest BCUT2D eigenvalue weighted by Crippen LogP contribution is -2.45. The molecule has 0 amide bonds. The molecule has 3 rings (SSSR count). The van der Waals surface area contributed by atoms with Gasteiger partial charge >= 0.3 is 5.76 Å². The molecule has 0 fully saturated rings. The normalized spacial score (nSPS) is 15.0. The van der Waals surface area contributed by atoms with Crippen molar-refractivity contribution in [3.8, 4) is 5.69 Å². The van der Waals surface area contributed by atoms with Gasteiger partial charge in [-0.2, -0.15) is 0 Å². The SMILES string of the molecule is O=c1onc(C2=CONN2NCCNS(=O)O)n1-c1ccc(F)c(Br)c1. The molecule has 26 heavy (non-hydrogen) atoms. The van der Waals surface area contributed by atoms with E-state index in [-0.39, 0.29) is 23.4 Å². The molecule has 0 aliphatic carbocycles. The minimum atomic E-state index is -2.13.